The minimum absolute atomic E-state index is 0.141. The van der Waals surface area contributed by atoms with Crippen molar-refractivity contribution >= 4 is 34.7 Å². The Morgan fingerprint density at radius 1 is 0.839 bits per heavy atom. The first-order chi connectivity index (χ1) is 15.1. The molecular formula is C25H24ClN3O2. The molecule has 1 N–H and O–H groups in total. The number of para-hydroxylation sites is 1. The SMILES string of the molecule is O=C(CN1CCN(c2ccccc2)CC1)Nc1ccc(Cl)cc1C(=O)c1ccccc1. The van der Waals surface area contributed by atoms with Crippen LogP contribution in [0.1, 0.15) is 15.9 Å². The Labute approximate surface area is 187 Å². The summed E-state index contributed by atoms with van der Waals surface area (Å²) in [5, 5.41) is 3.36. The Morgan fingerprint density at radius 2 is 1.48 bits per heavy atom. The Balaban J connectivity index is 1.39. The molecule has 1 saturated heterocycles. The van der Waals surface area contributed by atoms with Crippen LogP contribution in [0.5, 0.6) is 0 Å². The molecule has 4 rings (SSSR count). The van der Waals surface area contributed by atoms with Crippen LogP contribution in [0.3, 0.4) is 0 Å². The molecule has 31 heavy (non-hydrogen) atoms. The largest absolute Gasteiger partial charge is 0.369 e. The maximum Gasteiger partial charge on any atom is 0.238 e. The molecule has 1 fully saturated rings. The molecule has 0 aliphatic carbocycles. The molecule has 6 heteroatoms. The number of rotatable bonds is 6. The van der Waals surface area contributed by atoms with Crippen molar-refractivity contribution in [3.05, 3.63) is 95.0 Å². The van der Waals surface area contributed by atoms with E-state index >= 15 is 0 Å². The first kappa shape index (κ1) is 21.1. The maximum absolute atomic E-state index is 12.9. The number of carbonyl (C=O) groups excluding carboxylic acids is 2. The Bertz CT molecular complexity index is 1050. The summed E-state index contributed by atoms with van der Waals surface area (Å²) in [7, 11) is 0. The minimum Gasteiger partial charge on any atom is -0.369 e. The molecule has 1 heterocycles. The van der Waals surface area contributed by atoms with E-state index in [1.807, 2.05) is 36.4 Å². The van der Waals surface area contributed by atoms with E-state index in [0.717, 1.165) is 26.2 Å². The fourth-order valence-electron chi connectivity index (χ4n) is 3.75. The van der Waals surface area contributed by atoms with E-state index in [4.69, 9.17) is 11.6 Å². The van der Waals surface area contributed by atoms with E-state index in [1.54, 1.807) is 30.3 Å². The average Bonchev–Trinajstić information content (AvgIpc) is 2.81. The van der Waals surface area contributed by atoms with Crippen LogP contribution in [0.25, 0.3) is 0 Å². The summed E-state index contributed by atoms with van der Waals surface area (Å²) in [4.78, 5) is 30.1. The van der Waals surface area contributed by atoms with Gasteiger partial charge in [-0.25, -0.2) is 0 Å². The van der Waals surface area contributed by atoms with Crippen molar-refractivity contribution in [1.29, 1.82) is 0 Å². The van der Waals surface area contributed by atoms with Crippen LogP contribution in [0.2, 0.25) is 5.02 Å². The van der Waals surface area contributed by atoms with Gasteiger partial charge in [0.25, 0.3) is 0 Å². The summed E-state index contributed by atoms with van der Waals surface area (Å²) >= 11 is 6.13. The Hall–Kier alpha value is -3.15. The topological polar surface area (TPSA) is 52.7 Å². The summed E-state index contributed by atoms with van der Waals surface area (Å²) in [5.41, 5.74) is 2.63. The normalized spacial score (nSPS) is 14.3. The number of amides is 1. The second kappa shape index (κ2) is 9.77. The molecular weight excluding hydrogens is 410 g/mol. The Kier molecular flexibility index (Phi) is 6.65. The number of nitrogens with zero attached hydrogens (tertiary/aromatic N) is 2. The molecule has 3 aromatic carbocycles. The first-order valence-corrected chi connectivity index (χ1v) is 10.7. The van der Waals surface area contributed by atoms with Crippen LogP contribution in [-0.4, -0.2) is 49.3 Å². The fourth-order valence-corrected chi connectivity index (χ4v) is 3.93. The predicted molar refractivity (Wildman–Crippen MR) is 125 cm³/mol. The van der Waals surface area contributed by atoms with Crippen molar-refractivity contribution in [2.45, 2.75) is 0 Å². The van der Waals surface area contributed by atoms with Gasteiger partial charge in [0.1, 0.15) is 0 Å². The van der Waals surface area contributed by atoms with Gasteiger partial charge in [-0.1, -0.05) is 60.1 Å². The summed E-state index contributed by atoms with van der Waals surface area (Å²) < 4.78 is 0. The van der Waals surface area contributed by atoms with E-state index in [1.165, 1.54) is 5.69 Å². The van der Waals surface area contributed by atoms with Crippen molar-refractivity contribution in [2.75, 3.05) is 42.9 Å². The first-order valence-electron chi connectivity index (χ1n) is 10.3. The van der Waals surface area contributed by atoms with Gasteiger partial charge in [-0.05, 0) is 30.3 Å². The molecule has 1 amide bonds. The van der Waals surface area contributed by atoms with E-state index in [9.17, 15) is 9.59 Å². The third-order valence-corrected chi connectivity index (χ3v) is 5.63. The van der Waals surface area contributed by atoms with Crippen molar-refractivity contribution in [3.63, 3.8) is 0 Å². The number of carbonyl (C=O) groups is 2. The molecule has 0 bridgehead atoms. The highest BCUT2D eigenvalue weighted by molar-refractivity contribution is 6.31. The molecule has 0 saturated carbocycles. The van der Waals surface area contributed by atoms with Gasteiger partial charge in [0.15, 0.2) is 5.78 Å². The maximum atomic E-state index is 12.9. The third-order valence-electron chi connectivity index (χ3n) is 5.40. The predicted octanol–water partition coefficient (Wildman–Crippen LogP) is 4.33. The van der Waals surface area contributed by atoms with Crippen LogP contribution in [0.15, 0.2) is 78.9 Å². The van der Waals surface area contributed by atoms with Gasteiger partial charge in [0, 0.05) is 48.0 Å². The summed E-state index contributed by atoms with van der Waals surface area (Å²) in [6, 6.07) is 24.2. The molecule has 0 spiro atoms. The van der Waals surface area contributed by atoms with Crippen molar-refractivity contribution in [3.8, 4) is 0 Å². The molecule has 158 valence electrons. The molecule has 3 aromatic rings. The van der Waals surface area contributed by atoms with Crippen molar-refractivity contribution in [2.24, 2.45) is 0 Å². The summed E-state index contributed by atoms with van der Waals surface area (Å²) in [5.74, 6) is -0.313. The second-order valence-corrected chi connectivity index (χ2v) is 7.97. The van der Waals surface area contributed by atoms with E-state index in [2.05, 4.69) is 27.2 Å². The zero-order chi connectivity index (χ0) is 21.6. The van der Waals surface area contributed by atoms with Crippen molar-refractivity contribution in [1.82, 2.24) is 4.90 Å². The molecule has 0 atom stereocenters. The number of hydrogen-bond donors (Lipinski definition) is 1. The third kappa shape index (κ3) is 5.32. The van der Waals surface area contributed by atoms with E-state index in [0.29, 0.717) is 21.8 Å². The monoisotopic (exact) mass is 433 g/mol. The van der Waals surface area contributed by atoms with Crippen molar-refractivity contribution < 1.29 is 9.59 Å². The van der Waals surface area contributed by atoms with Gasteiger partial charge in [-0.15, -0.1) is 0 Å². The second-order valence-electron chi connectivity index (χ2n) is 7.53. The van der Waals surface area contributed by atoms with Crippen LogP contribution in [0.4, 0.5) is 11.4 Å². The molecule has 0 aromatic heterocycles. The number of anilines is 2. The lowest BCUT2D eigenvalue weighted by Gasteiger charge is -2.35. The lowest BCUT2D eigenvalue weighted by molar-refractivity contribution is -0.117. The van der Waals surface area contributed by atoms with E-state index in [-0.39, 0.29) is 18.2 Å². The van der Waals surface area contributed by atoms with Crippen LogP contribution in [0, 0.1) is 0 Å². The lowest BCUT2D eigenvalue weighted by atomic mass is 10.0. The van der Waals surface area contributed by atoms with Crippen LogP contribution < -0.4 is 10.2 Å². The van der Waals surface area contributed by atoms with Gasteiger partial charge in [0.2, 0.25) is 5.91 Å². The number of piperazine rings is 1. The smallest absolute Gasteiger partial charge is 0.238 e. The number of hydrogen-bond acceptors (Lipinski definition) is 4. The average molecular weight is 434 g/mol. The number of halogens is 1. The van der Waals surface area contributed by atoms with Gasteiger partial charge in [0.05, 0.1) is 12.2 Å². The van der Waals surface area contributed by atoms with Gasteiger partial charge >= 0.3 is 0 Å². The Morgan fingerprint density at radius 3 is 2.16 bits per heavy atom. The highest BCUT2D eigenvalue weighted by Gasteiger charge is 2.21. The van der Waals surface area contributed by atoms with Gasteiger partial charge < -0.3 is 10.2 Å². The molecule has 0 radical (unpaired) electrons. The zero-order valence-corrected chi connectivity index (χ0v) is 17.9. The molecule has 1 aliphatic rings. The van der Waals surface area contributed by atoms with Crippen LogP contribution in [-0.2, 0) is 4.79 Å². The summed E-state index contributed by atoms with van der Waals surface area (Å²) in [6.07, 6.45) is 0. The number of ketones is 1. The minimum atomic E-state index is -0.171. The standard InChI is InChI=1S/C25H24ClN3O2/c26-20-11-12-23(22(17-20)25(31)19-7-3-1-4-8-19)27-24(30)18-28-13-15-29(16-14-28)21-9-5-2-6-10-21/h1-12,17H,13-16,18H2,(H,27,30). The quantitative estimate of drug-likeness (QED) is 0.588. The molecule has 5 nitrogen and oxygen atoms in total. The highest BCUT2D eigenvalue weighted by Crippen LogP contribution is 2.24. The van der Waals surface area contributed by atoms with E-state index < -0.39 is 0 Å². The highest BCUT2D eigenvalue weighted by atomic mass is 35.5. The molecule has 0 unspecified atom stereocenters. The summed E-state index contributed by atoms with van der Waals surface area (Å²) in [6.45, 7) is 3.63. The van der Waals surface area contributed by atoms with Gasteiger partial charge in [-0.2, -0.15) is 0 Å². The number of nitrogens with one attached hydrogen (secondary N) is 1. The fraction of sp³-hybridized carbons (Fsp3) is 0.200. The lowest BCUT2D eigenvalue weighted by Crippen LogP contribution is -2.48. The number of benzene rings is 3. The van der Waals surface area contributed by atoms with Crippen LogP contribution >= 0.6 is 11.6 Å². The molecule has 1 aliphatic heterocycles. The zero-order valence-electron chi connectivity index (χ0n) is 17.1. The van der Waals surface area contributed by atoms with Gasteiger partial charge in [-0.3, -0.25) is 14.5 Å².